The first-order valence-corrected chi connectivity index (χ1v) is 3.16. The third kappa shape index (κ3) is 2.14. The van der Waals surface area contributed by atoms with Crippen molar-refractivity contribution in [2.45, 2.75) is 6.92 Å². The number of aromatic amines is 1. The SMILES string of the molecule is Cc1cc(=S)s[nH]1.[Li]. The molecule has 1 N–H and O–H groups in total. The van der Waals surface area contributed by atoms with Gasteiger partial charge in [0.2, 0.25) is 0 Å². The summed E-state index contributed by atoms with van der Waals surface area (Å²) >= 11 is 6.31. The van der Waals surface area contributed by atoms with Crippen LogP contribution in [0.3, 0.4) is 0 Å². The molecule has 8 heavy (non-hydrogen) atoms. The van der Waals surface area contributed by atoms with E-state index in [-0.39, 0.29) is 18.9 Å². The van der Waals surface area contributed by atoms with Crippen molar-refractivity contribution < 1.29 is 0 Å². The van der Waals surface area contributed by atoms with E-state index in [0.717, 1.165) is 9.52 Å². The summed E-state index contributed by atoms with van der Waals surface area (Å²) in [5.41, 5.74) is 1.15. The summed E-state index contributed by atoms with van der Waals surface area (Å²) in [7, 11) is 0. The van der Waals surface area contributed by atoms with Gasteiger partial charge in [-0.3, -0.25) is 0 Å². The number of rotatable bonds is 0. The van der Waals surface area contributed by atoms with Gasteiger partial charge in [0.1, 0.15) is 3.82 Å². The average molecular weight is 138 g/mol. The number of hydrogen-bond donors (Lipinski definition) is 1. The van der Waals surface area contributed by atoms with E-state index in [4.69, 9.17) is 12.2 Å². The molecule has 0 aromatic carbocycles. The van der Waals surface area contributed by atoms with E-state index in [2.05, 4.69) is 4.37 Å². The molecule has 0 saturated carbocycles. The standard InChI is InChI=1S/C4H5NS2.Li/c1-3-2-4(6)7-5-3;/h2,5H,1H3;. The first kappa shape index (κ1) is 8.45. The minimum Gasteiger partial charge on any atom is -0.314 e. The summed E-state index contributed by atoms with van der Waals surface area (Å²) in [4.78, 5) is 0. The predicted octanol–water partition coefficient (Wildman–Crippen LogP) is 1.73. The van der Waals surface area contributed by atoms with Gasteiger partial charge in [-0.05, 0) is 13.0 Å². The molecule has 0 spiro atoms. The van der Waals surface area contributed by atoms with Gasteiger partial charge in [0, 0.05) is 24.6 Å². The number of aryl methyl sites for hydroxylation is 1. The zero-order valence-electron chi connectivity index (χ0n) is 4.89. The largest absolute Gasteiger partial charge is 0.314 e. The van der Waals surface area contributed by atoms with Gasteiger partial charge in [-0.2, -0.15) is 0 Å². The fourth-order valence-corrected chi connectivity index (χ4v) is 1.22. The van der Waals surface area contributed by atoms with Crippen LogP contribution in [0.2, 0.25) is 0 Å². The molecule has 0 unspecified atom stereocenters. The minimum absolute atomic E-state index is 0. The summed E-state index contributed by atoms with van der Waals surface area (Å²) in [6, 6.07) is 1.94. The Hall–Kier alpha value is 0.447. The molecule has 39 valence electrons. The molecular formula is C4H5LiNS2. The first-order valence-electron chi connectivity index (χ1n) is 1.94. The molecule has 4 heteroatoms. The molecule has 1 radical (unpaired) electrons. The van der Waals surface area contributed by atoms with Crippen molar-refractivity contribution in [2.24, 2.45) is 0 Å². The summed E-state index contributed by atoms with van der Waals surface area (Å²) in [5.74, 6) is 0. The molecule has 0 aliphatic rings. The average Bonchev–Trinajstić information content (AvgIpc) is 1.87. The van der Waals surface area contributed by atoms with Gasteiger partial charge in [-0.25, -0.2) is 0 Å². The smallest absolute Gasteiger partial charge is 0.109 e. The van der Waals surface area contributed by atoms with Crippen LogP contribution in [0.4, 0.5) is 0 Å². The molecule has 0 bridgehead atoms. The Morgan fingerprint density at radius 2 is 2.38 bits per heavy atom. The van der Waals surface area contributed by atoms with Crippen molar-refractivity contribution in [1.82, 2.24) is 4.37 Å². The number of H-pyrrole nitrogens is 1. The number of aromatic nitrogens is 1. The van der Waals surface area contributed by atoms with Crippen LogP contribution in [0, 0.1) is 10.7 Å². The van der Waals surface area contributed by atoms with Crippen LogP contribution < -0.4 is 0 Å². The Morgan fingerprint density at radius 3 is 2.50 bits per heavy atom. The zero-order chi connectivity index (χ0) is 5.28. The van der Waals surface area contributed by atoms with Crippen molar-refractivity contribution in [3.05, 3.63) is 15.6 Å². The van der Waals surface area contributed by atoms with E-state index in [1.165, 1.54) is 11.5 Å². The normalized spacial score (nSPS) is 8.12. The number of nitrogens with one attached hydrogen (secondary N) is 1. The van der Waals surface area contributed by atoms with Gasteiger partial charge in [-0.1, -0.05) is 23.8 Å². The third-order valence-corrected chi connectivity index (χ3v) is 1.76. The van der Waals surface area contributed by atoms with Crippen molar-refractivity contribution in [2.75, 3.05) is 0 Å². The Balaban J connectivity index is 0.000000490. The van der Waals surface area contributed by atoms with Crippen molar-refractivity contribution in [3.8, 4) is 0 Å². The van der Waals surface area contributed by atoms with Gasteiger partial charge in [-0.15, -0.1) is 0 Å². The van der Waals surface area contributed by atoms with Gasteiger partial charge in [0.05, 0.1) is 0 Å². The summed E-state index contributed by atoms with van der Waals surface area (Å²) in [6.45, 7) is 1.99. The zero-order valence-corrected chi connectivity index (χ0v) is 6.53. The molecule has 0 amide bonds. The van der Waals surface area contributed by atoms with Crippen LogP contribution >= 0.6 is 23.8 Å². The molecular weight excluding hydrogens is 133 g/mol. The molecule has 1 nitrogen and oxygen atoms in total. The van der Waals surface area contributed by atoms with Crippen LogP contribution in [0.5, 0.6) is 0 Å². The molecule has 1 rings (SSSR count). The second kappa shape index (κ2) is 3.47. The minimum atomic E-state index is 0. The summed E-state index contributed by atoms with van der Waals surface area (Å²) < 4.78 is 3.93. The van der Waals surface area contributed by atoms with Crippen molar-refractivity contribution in [1.29, 1.82) is 0 Å². The fraction of sp³-hybridized carbons (Fsp3) is 0.250. The van der Waals surface area contributed by atoms with Crippen LogP contribution in [0.25, 0.3) is 0 Å². The Morgan fingerprint density at radius 1 is 1.75 bits per heavy atom. The van der Waals surface area contributed by atoms with Crippen LogP contribution in [0.1, 0.15) is 5.69 Å². The van der Waals surface area contributed by atoms with Crippen LogP contribution in [-0.4, -0.2) is 23.2 Å². The molecule has 1 heterocycles. The van der Waals surface area contributed by atoms with E-state index < -0.39 is 0 Å². The van der Waals surface area contributed by atoms with Gasteiger partial charge in [0.25, 0.3) is 0 Å². The summed E-state index contributed by atoms with van der Waals surface area (Å²) in [6.07, 6.45) is 0. The maximum absolute atomic E-state index is 4.82. The maximum Gasteiger partial charge on any atom is 0.109 e. The first-order chi connectivity index (χ1) is 3.29. The van der Waals surface area contributed by atoms with E-state index in [1.807, 2.05) is 13.0 Å². The molecule has 0 aliphatic heterocycles. The second-order valence-electron chi connectivity index (χ2n) is 1.35. The molecule has 0 aliphatic carbocycles. The second-order valence-corrected chi connectivity index (χ2v) is 2.90. The fourth-order valence-electron chi connectivity index (χ4n) is 0.366. The third-order valence-electron chi connectivity index (χ3n) is 0.647. The summed E-state index contributed by atoms with van der Waals surface area (Å²) in [5, 5.41) is 0. The molecule has 0 saturated heterocycles. The monoisotopic (exact) mass is 138 g/mol. The van der Waals surface area contributed by atoms with Crippen molar-refractivity contribution >= 4 is 42.6 Å². The Bertz CT molecular complexity index is 202. The van der Waals surface area contributed by atoms with E-state index in [0.29, 0.717) is 0 Å². The Labute approximate surface area is 69.5 Å². The van der Waals surface area contributed by atoms with Crippen molar-refractivity contribution in [3.63, 3.8) is 0 Å². The molecule has 1 aromatic rings. The topological polar surface area (TPSA) is 15.8 Å². The predicted molar refractivity (Wildman–Crippen MR) is 40.0 cm³/mol. The number of hydrogen-bond acceptors (Lipinski definition) is 2. The maximum atomic E-state index is 4.82. The van der Waals surface area contributed by atoms with E-state index >= 15 is 0 Å². The Kier molecular flexibility index (Phi) is 3.66. The van der Waals surface area contributed by atoms with E-state index in [9.17, 15) is 0 Å². The van der Waals surface area contributed by atoms with Gasteiger partial charge < -0.3 is 4.37 Å². The molecule has 0 fully saturated rings. The molecule has 1 aromatic heterocycles. The quantitative estimate of drug-likeness (QED) is 0.426. The van der Waals surface area contributed by atoms with Gasteiger partial charge >= 0.3 is 0 Å². The van der Waals surface area contributed by atoms with Gasteiger partial charge in [0.15, 0.2) is 0 Å². The van der Waals surface area contributed by atoms with Crippen LogP contribution in [0.15, 0.2) is 6.07 Å². The molecule has 0 atom stereocenters. The van der Waals surface area contributed by atoms with Crippen LogP contribution in [-0.2, 0) is 0 Å². The van der Waals surface area contributed by atoms with E-state index in [1.54, 1.807) is 0 Å².